The van der Waals surface area contributed by atoms with Gasteiger partial charge in [0.15, 0.2) is 5.82 Å². The van der Waals surface area contributed by atoms with Crippen molar-refractivity contribution >= 4 is 0 Å². The Morgan fingerprint density at radius 2 is 1.92 bits per heavy atom. The van der Waals surface area contributed by atoms with E-state index < -0.39 is 6.43 Å². The van der Waals surface area contributed by atoms with Crippen LogP contribution < -0.4 is 0 Å². The minimum atomic E-state index is -2.55. The fourth-order valence-corrected chi connectivity index (χ4v) is 0.975. The van der Waals surface area contributed by atoms with Gasteiger partial charge in [-0.1, -0.05) is 0 Å². The van der Waals surface area contributed by atoms with Crippen LogP contribution in [0.25, 0.3) is 0 Å². The van der Waals surface area contributed by atoms with Gasteiger partial charge in [-0.25, -0.2) is 18.4 Å². The summed E-state index contributed by atoms with van der Waals surface area (Å²) in [5.74, 6) is 0.140. The average molecular weight is 175 g/mol. The van der Waals surface area contributed by atoms with Gasteiger partial charge in [0.2, 0.25) is 0 Å². The van der Waals surface area contributed by atoms with Gasteiger partial charge in [0, 0.05) is 6.04 Å². The molecular weight excluding hydrogens is 164 g/mol. The minimum Gasteiger partial charge on any atom is -0.242 e. The molecular formula is C7H11F2N3. The molecule has 0 spiro atoms. The van der Waals surface area contributed by atoms with E-state index in [1.54, 1.807) is 20.8 Å². The molecule has 0 aromatic carbocycles. The van der Waals surface area contributed by atoms with Gasteiger partial charge in [-0.3, -0.25) is 0 Å². The van der Waals surface area contributed by atoms with Crippen LogP contribution in [0.15, 0.2) is 0 Å². The molecule has 0 saturated heterocycles. The molecule has 0 unspecified atom stereocenters. The SMILES string of the molecule is Cc1nc(C(F)F)n(C(C)C)n1. The zero-order valence-electron chi connectivity index (χ0n) is 7.25. The van der Waals surface area contributed by atoms with Gasteiger partial charge in [0.05, 0.1) is 0 Å². The van der Waals surface area contributed by atoms with Gasteiger partial charge in [-0.05, 0) is 20.8 Å². The van der Waals surface area contributed by atoms with Gasteiger partial charge in [-0.2, -0.15) is 5.10 Å². The van der Waals surface area contributed by atoms with Crippen molar-refractivity contribution in [3.8, 4) is 0 Å². The summed E-state index contributed by atoms with van der Waals surface area (Å²) in [7, 11) is 0. The van der Waals surface area contributed by atoms with Crippen molar-refractivity contribution in [3.63, 3.8) is 0 Å². The molecule has 0 amide bonds. The highest BCUT2D eigenvalue weighted by atomic mass is 19.3. The van der Waals surface area contributed by atoms with Gasteiger partial charge in [0.1, 0.15) is 5.82 Å². The van der Waals surface area contributed by atoms with Crippen LogP contribution in [-0.2, 0) is 0 Å². The van der Waals surface area contributed by atoms with Crippen LogP contribution in [0.3, 0.4) is 0 Å². The third kappa shape index (κ3) is 1.60. The molecule has 1 aromatic rings. The Balaban J connectivity index is 3.08. The summed E-state index contributed by atoms with van der Waals surface area (Å²) in [6.07, 6.45) is -2.55. The Hall–Kier alpha value is -1.00. The molecule has 0 aliphatic heterocycles. The van der Waals surface area contributed by atoms with E-state index in [0.29, 0.717) is 5.82 Å². The van der Waals surface area contributed by atoms with Crippen molar-refractivity contribution in [1.82, 2.24) is 14.8 Å². The van der Waals surface area contributed by atoms with E-state index >= 15 is 0 Å². The lowest BCUT2D eigenvalue weighted by Gasteiger charge is -2.07. The van der Waals surface area contributed by atoms with Crippen LogP contribution in [0.1, 0.15) is 38.0 Å². The lowest BCUT2D eigenvalue weighted by molar-refractivity contribution is 0.131. The minimum absolute atomic E-state index is 0.0739. The Kier molecular flexibility index (Phi) is 2.40. The van der Waals surface area contributed by atoms with Crippen molar-refractivity contribution in [3.05, 3.63) is 11.6 Å². The maximum Gasteiger partial charge on any atom is 0.297 e. The number of aryl methyl sites for hydroxylation is 1. The summed E-state index contributed by atoms with van der Waals surface area (Å²) >= 11 is 0. The van der Waals surface area contributed by atoms with E-state index in [1.165, 1.54) is 4.68 Å². The first kappa shape index (κ1) is 9.09. The summed E-state index contributed by atoms with van der Waals surface area (Å²) in [6, 6.07) is -0.0739. The van der Waals surface area contributed by atoms with E-state index in [4.69, 9.17) is 0 Å². The van der Waals surface area contributed by atoms with Crippen LogP contribution in [0, 0.1) is 6.92 Å². The number of hydrogen-bond acceptors (Lipinski definition) is 2. The fraction of sp³-hybridized carbons (Fsp3) is 0.714. The van der Waals surface area contributed by atoms with Crippen LogP contribution in [0.5, 0.6) is 0 Å². The largest absolute Gasteiger partial charge is 0.297 e. The molecule has 12 heavy (non-hydrogen) atoms. The molecule has 0 bridgehead atoms. The Morgan fingerprint density at radius 1 is 1.33 bits per heavy atom. The van der Waals surface area contributed by atoms with Crippen LogP contribution in [0.2, 0.25) is 0 Å². The molecule has 1 rings (SSSR count). The lowest BCUT2D eigenvalue weighted by Crippen LogP contribution is -2.08. The molecule has 0 atom stereocenters. The smallest absolute Gasteiger partial charge is 0.242 e. The third-order valence-electron chi connectivity index (χ3n) is 1.45. The van der Waals surface area contributed by atoms with Gasteiger partial charge in [0.25, 0.3) is 6.43 Å². The molecule has 0 radical (unpaired) electrons. The highest BCUT2D eigenvalue weighted by molar-refractivity contribution is 4.93. The Labute approximate surface area is 69.4 Å². The normalized spacial score (nSPS) is 11.6. The summed E-state index contributed by atoms with van der Waals surface area (Å²) in [4.78, 5) is 3.63. The monoisotopic (exact) mass is 175 g/mol. The van der Waals surface area contributed by atoms with Crippen molar-refractivity contribution in [2.45, 2.75) is 33.2 Å². The molecule has 0 aliphatic carbocycles. The fourth-order valence-electron chi connectivity index (χ4n) is 0.975. The Bertz CT molecular complexity index is 242. The van der Waals surface area contributed by atoms with Gasteiger partial charge < -0.3 is 0 Å². The van der Waals surface area contributed by atoms with Crippen molar-refractivity contribution in [2.75, 3.05) is 0 Å². The second kappa shape index (κ2) is 3.16. The maximum absolute atomic E-state index is 12.3. The predicted octanol–water partition coefficient (Wildman–Crippen LogP) is 2.11. The van der Waals surface area contributed by atoms with Gasteiger partial charge >= 0.3 is 0 Å². The summed E-state index contributed by atoms with van der Waals surface area (Å²) < 4.78 is 25.8. The third-order valence-corrected chi connectivity index (χ3v) is 1.45. The van der Waals surface area contributed by atoms with E-state index in [2.05, 4.69) is 10.1 Å². The first-order valence-corrected chi connectivity index (χ1v) is 3.73. The van der Waals surface area contributed by atoms with Gasteiger partial charge in [-0.15, -0.1) is 0 Å². The predicted molar refractivity (Wildman–Crippen MR) is 40.1 cm³/mol. The number of hydrogen-bond donors (Lipinski definition) is 0. The first-order valence-electron chi connectivity index (χ1n) is 3.73. The number of nitrogens with zero attached hydrogens (tertiary/aromatic N) is 3. The Morgan fingerprint density at radius 3 is 2.25 bits per heavy atom. The molecule has 5 heteroatoms. The highest BCUT2D eigenvalue weighted by Crippen LogP contribution is 2.19. The van der Waals surface area contributed by atoms with Crippen molar-refractivity contribution < 1.29 is 8.78 Å². The number of halogens is 2. The molecule has 3 nitrogen and oxygen atoms in total. The molecule has 1 heterocycles. The second-order valence-electron chi connectivity index (χ2n) is 2.86. The van der Waals surface area contributed by atoms with E-state index in [-0.39, 0.29) is 11.9 Å². The summed E-state index contributed by atoms with van der Waals surface area (Å²) in [5.41, 5.74) is 0. The number of alkyl halides is 2. The summed E-state index contributed by atoms with van der Waals surface area (Å²) in [6.45, 7) is 5.19. The quantitative estimate of drug-likeness (QED) is 0.689. The van der Waals surface area contributed by atoms with E-state index in [1.807, 2.05) is 0 Å². The zero-order chi connectivity index (χ0) is 9.30. The van der Waals surface area contributed by atoms with Crippen LogP contribution in [0.4, 0.5) is 8.78 Å². The highest BCUT2D eigenvalue weighted by Gasteiger charge is 2.18. The molecule has 0 aliphatic rings. The number of rotatable bonds is 2. The van der Waals surface area contributed by atoms with Crippen molar-refractivity contribution in [1.29, 1.82) is 0 Å². The first-order chi connectivity index (χ1) is 5.52. The standard InChI is InChI=1S/C7H11F2N3/c1-4(2)12-7(6(8)9)10-5(3)11-12/h4,6H,1-3H3. The topological polar surface area (TPSA) is 30.7 Å². The van der Waals surface area contributed by atoms with E-state index in [0.717, 1.165) is 0 Å². The second-order valence-corrected chi connectivity index (χ2v) is 2.86. The molecule has 68 valence electrons. The number of aromatic nitrogens is 3. The van der Waals surface area contributed by atoms with Crippen LogP contribution >= 0.6 is 0 Å². The average Bonchev–Trinajstić information content (AvgIpc) is 2.31. The molecule has 0 N–H and O–H groups in total. The molecule has 0 fully saturated rings. The zero-order valence-corrected chi connectivity index (χ0v) is 7.25. The molecule has 1 aromatic heterocycles. The summed E-state index contributed by atoms with van der Waals surface area (Å²) in [5, 5.41) is 3.86. The maximum atomic E-state index is 12.3. The van der Waals surface area contributed by atoms with Crippen molar-refractivity contribution in [2.24, 2.45) is 0 Å². The molecule has 0 saturated carbocycles. The van der Waals surface area contributed by atoms with E-state index in [9.17, 15) is 8.78 Å². The lowest BCUT2D eigenvalue weighted by atomic mass is 10.4. The van der Waals surface area contributed by atoms with Crippen LogP contribution in [-0.4, -0.2) is 14.8 Å².